The highest BCUT2D eigenvalue weighted by molar-refractivity contribution is 4.14. The standard InChI is InChI=1S/C3H11N3O/c1-3-5-6-7-4-2/h4-6H,3H2,1-2H3. The second-order valence-corrected chi connectivity index (χ2v) is 0.939. The molecule has 0 aliphatic rings. The fraction of sp³-hybridized carbons (Fsp3) is 1.00. The third-order valence-corrected chi connectivity index (χ3v) is 0.402. The zero-order chi connectivity index (χ0) is 5.54. The second-order valence-electron chi connectivity index (χ2n) is 0.939. The predicted octanol–water partition coefficient (Wildman–Crippen LogP) is -0.834. The summed E-state index contributed by atoms with van der Waals surface area (Å²) >= 11 is 0. The number of hydrogen-bond acceptors (Lipinski definition) is 4. The summed E-state index contributed by atoms with van der Waals surface area (Å²) in [6.07, 6.45) is 0. The number of nitrogens with one attached hydrogen (secondary N) is 3. The molecule has 0 heterocycles. The predicted molar refractivity (Wildman–Crippen MR) is 27.0 cm³/mol. The van der Waals surface area contributed by atoms with Crippen LogP contribution in [0, 0.1) is 0 Å². The van der Waals surface area contributed by atoms with Crippen molar-refractivity contribution in [2.24, 2.45) is 0 Å². The van der Waals surface area contributed by atoms with Crippen LogP contribution in [0.4, 0.5) is 0 Å². The molecule has 0 saturated heterocycles. The molecule has 0 amide bonds. The van der Waals surface area contributed by atoms with Gasteiger partial charge in [-0.15, -0.1) is 5.59 Å². The quantitative estimate of drug-likeness (QED) is 0.322. The van der Waals surface area contributed by atoms with Crippen molar-refractivity contribution >= 4 is 0 Å². The van der Waals surface area contributed by atoms with E-state index in [4.69, 9.17) is 0 Å². The monoisotopic (exact) mass is 105 g/mol. The molecule has 0 radical (unpaired) electrons. The molecule has 0 unspecified atom stereocenters. The van der Waals surface area contributed by atoms with E-state index in [2.05, 4.69) is 21.4 Å². The Morgan fingerprint density at radius 2 is 2.29 bits per heavy atom. The first-order valence-electron chi connectivity index (χ1n) is 2.22. The summed E-state index contributed by atoms with van der Waals surface area (Å²) in [5.41, 5.74) is 7.57. The second kappa shape index (κ2) is 5.84. The molecule has 3 N–H and O–H groups in total. The lowest BCUT2D eigenvalue weighted by molar-refractivity contribution is -0.0491. The van der Waals surface area contributed by atoms with E-state index in [1.165, 1.54) is 0 Å². The van der Waals surface area contributed by atoms with Crippen molar-refractivity contribution in [3.63, 3.8) is 0 Å². The maximum Gasteiger partial charge on any atom is 0.0115 e. The average molecular weight is 105 g/mol. The molecule has 0 bridgehead atoms. The molecular weight excluding hydrogens is 94.1 g/mol. The zero-order valence-corrected chi connectivity index (χ0v) is 4.62. The summed E-state index contributed by atoms with van der Waals surface area (Å²) in [5.74, 6) is 0. The molecule has 0 aromatic heterocycles. The molecule has 0 fully saturated rings. The van der Waals surface area contributed by atoms with Crippen LogP contribution in [0.15, 0.2) is 0 Å². The lowest BCUT2D eigenvalue weighted by atomic mass is 10.8. The van der Waals surface area contributed by atoms with Crippen LogP contribution in [-0.4, -0.2) is 13.6 Å². The van der Waals surface area contributed by atoms with Gasteiger partial charge in [-0.2, -0.15) is 10.4 Å². The zero-order valence-electron chi connectivity index (χ0n) is 4.62. The van der Waals surface area contributed by atoms with Gasteiger partial charge in [0.15, 0.2) is 0 Å². The lowest BCUT2D eigenvalue weighted by Crippen LogP contribution is -2.35. The molecule has 0 aromatic carbocycles. The fourth-order valence-corrected chi connectivity index (χ4v) is 0.159. The van der Waals surface area contributed by atoms with E-state index in [0.29, 0.717) is 0 Å². The summed E-state index contributed by atoms with van der Waals surface area (Å²) in [4.78, 5) is 4.46. The van der Waals surface area contributed by atoms with Crippen molar-refractivity contribution in [1.29, 1.82) is 0 Å². The van der Waals surface area contributed by atoms with Crippen LogP contribution < -0.4 is 16.5 Å². The van der Waals surface area contributed by atoms with Gasteiger partial charge in [0.05, 0.1) is 0 Å². The summed E-state index contributed by atoms with van der Waals surface area (Å²) in [7, 11) is 1.67. The Morgan fingerprint density at radius 3 is 2.71 bits per heavy atom. The van der Waals surface area contributed by atoms with E-state index < -0.39 is 0 Å². The first-order valence-corrected chi connectivity index (χ1v) is 2.22. The largest absolute Gasteiger partial charge is 0.233 e. The summed E-state index contributed by atoms with van der Waals surface area (Å²) in [5, 5.41) is 0. The van der Waals surface area contributed by atoms with Gasteiger partial charge in [-0.05, 0) is 0 Å². The minimum Gasteiger partial charge on any atom is -0.233 e. The van der Waals surface area contributed by atoms with Crippen molar-refractivity contribution in [3.8, 4) is 0 Å². The molecular formula is C3H11N3O. The molecule has 4 heteroatoms. The van der Waals surface area contributed by atoms with Gasteiger partial charge in [0.2, 0.25) is 0 Å². The van der Waals surface area contributed by atoms with E-state index in [9.17, 15) is 0 Å². The van der Waals surface area contributed by atoms with Crippen LogP contribution in [-0.2, 0) is 4.94 Å². The van der Waals surface area contributed by atoms with Crippen LogP contribution in [0.5, 0.6) is 0 Å². The number of hydroxylamine groups is 1. The van der Waals surface area contributed by atoms with E-state index >= 15 is 0 Å². The molecule has 4 nitrogen and oxygen atoms in total. The van der Waals surface area contributed by atoms with Gasteiger partial charge in [0.25, 0.3) is 0 Å². The average Bonchev–Trinajstić information content (AvgIpc) is 1.69. The fourth-order valence-electron chi connectivity index (χ4n) is 0.159. The SMILES string of the molecule is CCNNONC. The third kappa shape index (κ3) is 5.84. The Morgan fingerprint density at radius 1 is 1.57 bits per heavy atom. The van der Waals surface area contributed by atoms with E-state index in [1.54, 1.807) is 7.05 Å². The van der Waals surface area contributed by atoms with E-state index in [0.717, 1.165) is 6.54 Å². The topological polar surface area (TPSA) is 45.3 Å². The van der Waals surface area contributed by atoms with Crippen LogP contribution in [0.2, 0.25) is 0 Å². The molecule has 0 rings (SSSR count). The Kier molecular flexibility index (Phi) is 5.71. The van der Waals surface area contributed by atoms with Gasteiger partial charge >= 0.3 is 0 Å². The smallest absolute Gasteiger partial charge is 0.0115 e. The maximum absolute atomic E-state index is 4.46. The molecule has 44 valence electrons. The van der Waals surface area contributed by atoms with Crippen molar-refractivity contribution in [2.45, 2.75) is 6.92 Å². The maximum atomic E-state index is 4.46. The Bertz CT molecular complexity index is 29.4. The molecule has 0 saturated carbocycles. The van der Waals surface area contributed by atoms with Crippen molar-refractivity contribution in [1.82, 2.24) is 16.5 Å². The minimum atomic E-state index is 0.835. The van der Waals surface area contributed by atoms with Gasteiger partial charge in [0, 0.05) is 13.6 Å². The van der Waals surface area contributed by atoms with Crippen LogP contribution in [0.1, 0.15) is 6.92 Å². The molecule has 0 aromatic rings. The van der Waals surface area contributed by atoms with E-state index in [-0.39, 0.29) is 0 Å². The third-order valence-electron chi connectivity index (χ3n) is 0.402. The number of rotatable bonds is 4. The first-order chi connectivity index (χ1) is 3.41. The summed E-state index contributed by atoms with van der Waals surface area (Å²) < 4.78 is 0. The Hall–Kier alpha value is -0.160. The molecule has 0 atom stereocenters. The highest BCUT2D eigenvalue weighted by atomic mass is 16.8. The molecule has 0 spiro atoms. The highest BCUT2D eigenvalue weighted by Gasteiger charge is 1.71. The number of hydrazine groups is 1. The molecule has 0 aliphatic heterocycles. The molecule has 0 aliphatic carbocycles. The van der Waals surface area contributed by atoms with Gasteiger partial charge in [-0.25, -0.2) is 5.43 Å². The van der Waals surface area contributed by atoms with Gasteiger partial charge in [-0.3, -0.25) is 0 Å². The number of hydrogen-bond donors (Lipinski definition) is 3. The molecule has 7 heavy (non-hydrogen) atoms. The van der Waals surface area contributed by atoms with Crippen LogP contribution in [0.25, 0.3) is 0 Å². The van der Waals surface area contributed by atoms with E-state index in [1.807, 2.05) is 6.92 Å². The highest BCUT2D eigenvalue weighted by Crippen LogP contribution is 1.45. The van der Waals surface area contributed by atoms with Gasteiger partial charge < -0.3 is 0 Å². The van der Waals surface area contributed by atoms with Gasteiger partial charge in [-0.1, -0.05) is 6.92 Å². The van der Waals surface area contributed by atoms with Crippen LogP contribution in [0.3, 0.4) is 0 Å². The summed E-state index contributed by atoms with van der Waals surface area (Å²) in [6.45, 7) is 2.80. The van der Waals surface area contributed by atoms with Crippen LogP contribution >= 0.6 is 0 Å². The Labute approximate surface area is 43.1 Å². The van der Waals surface area contributed by atoms with Gasteiger partial charge in [0.1, 0.15) is 0 Å². The van der Waals surface area contributed by atoms with Crippen molar-refractivity contribution in [3.05, 3.63) is 0 Å². The normalized spacial score (nSPS) is 9.43. The van der Waals surface area contributed by atoms with Crippen molar-refractivity contribution in [2.75, 3.05) is 13.6 Å². The van der Waals surface area contributed by atoms with Crippen molar-refractivity contribution < 1.29 is 4.94 Å². The summed E-state index contributed by atoms with van der Waals surface area (Å²) in [6, 6.07) is 0. The first kappa shape index (κ1) is 6.84. The Balaban J connectivity index is 2.45. The lowest BCUT2D eigenvalue weighted by Gasteiger charge is -2.00. The minimum absolute atomic E-state index is 0.835.